The topological polar surface area (TPSA) is 52.9 Å². The van der Waals surface area contributed by atoms with Gasteiger partial charge in [-0.05, 0) is 74.5 Å². The van der Waals surface area contributed by atoms with Crippen LogP contribution in [0.4, 0.5) is 0 Å². The highest BCUT2D eigenvalue weighted by atomic mass is 16.1. The maximum Gasteiger partial charge on any atom is 0.221 e. The lowest BCUT2D eigenvalue weighted by molar-refractivity contribution is -0.130. The van der Waals surface area contributed by atoms with Crippen molar-refractivity contribution < 1.29 is 4.79 Å². The van der Waals surface area contributed by atoms with Crippen LogP contribution in [0.2, 0.25) is 0 Å². The summed E-state index contributed by atoms with van der Waals surface area (Å²) in [5.74, 6) is 2.74. The van der Waals surface area contributed by atoms with Crippen LogP contribution < -0.4 is 5.32 Å². The van der Waals surface area contributed by atoms with Gasteiger partial charge in [-0.25, -0.2) is 0 Å². The number of amides is 1. The van der Waals surface area contributed by atoms with E-state index >= 15 is 0 Å². The molecule has 0 aliphatic heterocycles. The summed E-state index contributed by atoms with van der Waals surface area (Å²) >= 11 is 0. The zero-order valence-corrected chi connectivity index (χ0v) is 13.5. The van der Waals surface area contributed by atoms with Crippen LogP contribution in [0.15, 0.2) is 0 Å². The first-order valence-corrected chi connectivity index (χ1v) is 8.74. The quantitative estimate of drug-likeness (QED) is 0.836. The molecule has 0 unspecified atom stereocenters. The molecule has 4 aliphatic rings. The molecule has 0 aromatic carbocycles. The normalized spacial score (nSPS) is 37.3. The van der Waals surface area contributed by atoms with Crippen molar-refractivity contribution in [2.75, 3.05) is 0 Å². The number of hydrogen-bond donors (Lipinski definition) is 1. The highest BCUT2D eigenvalue weighted by Gasteiger charge is 2.51. The summed E-state index contributed by atoms with van der Waals surface area (Å²) in [6, 6.07) is 2.32. The summed E-state index contributed by atoms with van der Waals surface area (Å²) < 4.78 is 0. The van der Waals surface area contributed by atoms with Crippen molar-refractivity contribution >= 4 is 5.91 Å². The van der Waals surface area contributed by atoms with Crippen LogP contribution in [0.3, 0.4) is 0 Å². The molecule has 4 aliphatic carbocycles. The van der Waals surface area contributed by atoms with Gasteiger partial charge in [-0.2, -0.15) is 5.26 Å². The molecule has 0 saturated heterocycles. The lowest BCUT2D eigenvalue weighted by Gasteiger charge is -2.56. The smallest absolute Gasteiger partial charge is 0.221 e. The zero-order valence-electron chi connectivity index (χ0n) is 13.5. The Morgan fingerprint density at radius 1 is 1.14 bits per heavy atom. The third kappa shape index (κ3) is 2.70. The molecule has 0 aromatic rings. The molecule has 0 radical (unpaired) electrons. The second-order valence-electron chi connectivity index (χ2n) is 8.04. The van der Waals surface area contributed by atoms with Crippen LogP contribution in [0, 0.1) is 34.5 Å². The predicted molar refractivity (Wildman–Crippen MR) is 82.3 cm³/mol. The van der Waals surface area contributed by atoms with E-state index in [-0.39, 0.29) is 11.3 Å². The van der Waals surface area contributed by atoms with Gasteiger partial charge in [-0.15, -0.1) is 0 Å². The lowest BCUT2D eigenvalue weighted by Crippen LogP contribution is -2.51. The first-order valence-electron chi connectivity index (χ1n) is 8.74. The number of carbonyl (C=O) groups is 1. The van der Waals surface area contributed by atoms with Crippen molar-refractivity contribution in [3.63, 3.8) is 0 Å². The third-order valence-electron chi connectivity index (χ3n) is 6.50. The van der Waals surface area contributed by atoms with E-state index in [1.54, 1.807) is 0 Å². The SMILES string of the molecule is CCC(C#N)(CC)NC(=O)CC12CC3CC(CC(C3)C1)C2. The van der Waals surface area contributed by atoms with Gasteiger partial charge in [0.05, 0.1) is 6.07 Å². The van der Waals surface area contributed by atoms with Crippen LogP contribution in [0.5, 0.6) is 0 Å². The molecule has 4 saturated carbocycles. The van der Waals surface area contributed by atoms with Crippen molar-refractivity contribution in [1.82, 2.24) is 5.32 Å². The Morgan fingerprint density at radius 2 is 1.62 bits per heavy atom. The van der Waals surface area contributed by atoms with Gasteiger partial charge >= 0.3 is 0 Å². The van der Waals surface area contributed by atoms with Crippen LogP contribution in [-0.2, 0) is 4.79 Å². The number of nitriles is 1. The predicted octanol–water partition coefficient (Wildman–Crippen LogP) is 3.79. The van der Waals surface area contributed by atoms with Crippen molar-refractivity contribution in [2.24, 2.45) is 23.2 Å². The van der Waals surface area contributed by atoms with E-state index in [1.807, 2.05) is 13.8 Å². The molecular formula is C18H28N2O. The minimum Gasteiger partial charge on any atom is -0.338 e. The van der Waals surface area contributed by atoms with E-state index in [4.69, 9.17) is 0 Å². The second kappa shape index (κ2) is 5.30. The summed E-state index contributed by atoms with van der Waals surface area (Å²) in [5.41, 5.74) is -0.388. The van der Waals surface area contributed by atoms with Gasteiger partial charge in [-0.3, -0.25) is 4.79 Å². The summed E-state index contributed by atoms with van der Waals surface area (Å²) in [7, 11) is 0. The van der Waals surface area contributed by atoms with Crippen LogP contribution >= 0.6 is 0 Å². The number of carbonyl (C=O) groups excluding carboxylic acids is 1. The number of hydrogen-bond acceptors (Lipinski definition) is 2. The molecule has 1 amide bonds. The Morgan fingerprint density at radius 3 is 2.00 bits per heavy atom. The van der Waals surface area contributed by atoms with Crippen molar-refractivity contribution in [1.29, 1.82) is 5.26 Å². The largest absolute Gasteiger partial charge is 0.338 e. The molecular weight excluding hydrogens is 260 g/mol. The standard InChI is InChI=1S/C18H28N2O/c1-3-18(4-2,12-19)20-16(21)11-17-8-13-5-14(9-17)7-15(6-13)10-17/h13-15H,3-11H2,1-2H3,(H,20,21). The Kier molecular flexibility index (Phi) is 3.76. The average molecular weight is 288 g/mol. The number of rotatable bonds is 5. The molecule has 21 heavy (non-hydrogen) atoms. The van der Waals surface area contributed by atoms with Crippen molar-refractivity contribution in [3.8, 4) is 6.07 Å². The summed E-state index contributed by atoms with van der Waals surface area (Å²) in [4.78, 5) is 12.6. The fraction of sp³-hybridized carbons (Fsp3) is 0.889. The molecule has 1 N–H and O–H groups in total. The first kappa shape index (κ1) is 14.9. The van der Waals surface area contributed by atoms with E-state index in [1.165, 1.54) is 38.5 Å². The third-order valence-corrected chi connectivity index (χ3v) is 6.50. The fourth-order valence-electron chi connectivity index (χ4n) is 5.77. The summed E-state index contributed by atoms with van der Waals surface area (Å²) in [6.07, 6.45) is 10.0. The monoisotopic (exact) mass is 288 g/mol. The van der Waals surface area contributed by atoms with Gasteiger partial charge in [0.25, 0.3) is 0 Å². The molecule has 0 spiro atoms. The minimum atomic E-state index is -0.653. The van der Waals surface area contributed by atoms with E-state index in [0.29, 0.717) is 19.3 Å². The van der Waals surface area contributed by atoms with Crippen LogP contribution in [0.1, 0.15) is 71.6 Å². The van der Waals surface area contributed by atoms with Crippen LogP contribution in [0.25, 0.3) is 0 Å². The molecule has 4 rings (SSSR count). The van der Waals surface area contributed by atoms with E-state index in [2.05, 4.69) is 11.4 Å². The molecule has 0 heterocycles. The highest BCUT2D eigenvalue weighted by molar-refractivity contribution is 5.78. The van der Waals surface area contributed by atoms with E-state index in [9.17, 15) is 10.1 Å². The van der Waals surface area contributed by atoms with E-state index in [0.717, 1.165) is 17.8 Å². The minimum absolute atomic E-state index is 0.113. The first-order chi connectivity index (χ1) is 10.0. The lowest BCUT2D eigenvalue weighted by atomic mass is 9.49. The number of nitrogens with one attached hydrogen (secondary N) is 1. The Labute approximate surface area is 128 Å². The van der Waals surface area contributed by atoms with Crippen LogP contribution in [-0.4, -0.2) is 11.4 Å². The highest BCUT2D eigenvalue weighted by Crippen LogP contribution is 2.61. The molecule has 4 fully saturated rings. The second-order valence-corrected chi connectivity index (χ2v) is 8.04. The van der Waals surface area contributed by atoms with Gasteiger partial charge in [-0.1, -0.05) is 13.8 Å². The Bertz CT molecular complexity index is 423. The van der Waals surface area contributed by atoms with Gasteiger partial charge in [0.2, 0.25) is 5.91 Å². The molecule has 3 heteroatoms. The van der Waals surface area contributed by atoms with Gasteiger partial charge in [0, 0.05) is 6.42 Å². The Balaban J connectivity index is 1.66. The van der Waals surface area contributed by atoms with E-state index < -0.39 is 5.54 Å². The van der Waals surface area contributed by atoms with Crippen molar-refractivity contribution in [3.05, 3.63) is 0 Å². The maximum atomic E-state index is 12.6. The van der Waals surface area contributed by atoms with Gasteiger partial charge < -0.3 is 5.32 Å². The molecule has 116 valence electrons. The van der Waals surface area contributed by atoms with Gasteiger partial charge in [0.15, 0.2) is 0 Å². The zero-order chi connectivity index (χ0) is 15.1. The molecule has 0 aromatic heterocycles. The Hall–Kier alpha value is -1.04. The van der Waals surface area contributed by atoms with Crippen molar-refractivity contribution in [2.45, 2.75) is 77.2 Å². The maximum absolute atomic E-state index is 12.6. The molecule has 4 bridgehead atoms. The summed E-state index contributed by atoms with van der Waals surface area (Å²) in [5, 5.41) is 12.4. The molecule has 0 atom stereocenters. The van der Waals surface area contributed by atoms with Gasteiger partial charge in [0.1, 0.15) is 5.54 Å². The summed E-state index contributed by atoms with van der Waals surface area (Å²) in [6.45, 7) is 3.97. The molecule has 3 nitrogen and oxygen atoms in total. The average Bonchev–Trinajstić information content (AvgIpc) is 2.43. The fourth-order valence-corrected chi connectivity index (χ4v) is 5.77. The number of nitrogens with zero attached hydrogens (tertiary/aromatic N) is 1.